The maximum absolute atomic E-state index is 12.6. The Hall–Kier alpha value is -2.16. The number of carbonyl (C=O) groups excluding carboxylic acids is 2. The number of hydrogen-bond donors (Lipinski definition) is 1. The fourth-order valence-electron chi connectivity index (χ4n) is 2.11. The van der Waals surface area contributed by atoms with Crippen molar-refractivity contribution in [3.05, 3.63) is 28.3 Å². The van der Waals surface area contributed by atoms with Gasteiger partial charge in [-0.1, -0.05) is 0 Å². The Morgan fingerprint density at radius 1 is 1.28 bits per heavy atom. The second-order valence-electron chi connectivity index (χ2n) is 5.91. The van der Waals surface area contributed by atoms with Crippen molar-refractivity contribution in [2.75, 3.05) is 5.32 Å². The molecule has 0 fully saturated rings. The van der Waals surface area contributed by atoms with Crippen LogP contribution in [0.2, 0.25) is 0 Å². The minimum absolute atomic E-state index is 0.0916. The number of rotatable bonds is 6. The largest absolute Gasteiger partial charge is 0.458 e. The highest BCUT2D eigenvalue weighted by atomic mass is 79.9. The highest BCUT2D eigenvalue weighted by Gasteiger charge is 2.24. The van der Waals surface area contributed by atoms with Crippen molar-refractivity contribution in [3.63, 3.8) is 0 Å². The van der Waals surface area contributed by atoms with Gasteiger partial charge in [-0.25, -0.2) is 4.79 Å². The Kier molecular flexibility index (Phi) is 5.99. The van der Waals surface area contributed by atoms with Gasteiger partial charge in [-0.15, -0.1) is 0 Å². The number of nitrogens with zero attached hydrogens (tertiary/aromatic N) is 4. The molecule has 0 radical (unpaired) electrons. The second kappa shape index (κ2) is 7.81. The molecule has 1 unspecified atom stereocenters. The van der Waals surface area contributed by atoms with Crippen LogP contribution in [0.4, 0.5) is 5.69 Å². The predicted molar refractivity (Wildman–Crippen MR) is 96.5 cm³/mol. The van der Waals surface area contributed by atoms with Gasteiger partial charge in [0.05, 0.1) is 22.0 Å². The topological polar surface area (TPSA) is 91.0 Å². The Bertz CT molecular complexity index is 761. The van der Waals surface area contributed by atoms with E-state index >= 15 is 0 Å². The van der Waals surface area contributed by atoms with Crippen LogP contribution in [0.1, 0.15) is 49.9 Å². The van der Waals surface area contributed by atoms with Crippen LogP contribution in [0.15, 0.2) is 16.9 Å². The van der Waals surface area contributed by atoms with Crippen molar-refractivity contribution in [1.29, 1.82) is 0 Å². The molecule has 0 aliphatic heterocycles. The van der Waals surface area contributed by atoms with Gasteiger partial charge in [0, 0.05) is 18.9 Å². The number of halogens is 1. The van der Waals surface area contributed by atoms with Gasteiger partial charge in [0.2, 0.25) is 5.91 Å². The molecule has 9 heteroatoms. The van der Waals surface area contributed by atoms with E-state index in [9.17, 15) is 9.59 Å². The maximum atomic E-state index is 12.6. The van der Waals surface area contributed by atoms with Crippen LogP contribution < -0.4 is 5.32 Å². The van der Waals surface area contributed by atoms with Crippen LogP contribution in [0.25, 0.3) is 0 Å². The molecule has 0 aliphatic carbocycles. The molecular weight excluding hydrogens is 390 g/mol. The molecule has 8 nitrogen and oxygen atoms in total. The minimum Gasteiger partial charge on any atom is -0.458 e. The number of aryl methyl sites for hydroxylation is 2. The third-order valence-corrected chi connectivity index (χ3v) is 4.29. The zero-order valence-electron chi connectivity index (χ0n) is 14.9. The summed E-state index contributed by atoms with van der Waals surface area (Å²) in [5, 5.41) is 11.2. The van der Waals surface area contributed by atoms with E-state index in [0.717, 1.165) is 10.2 Å². The minimum atomic E-state index is -0.567. The van der Waals surface area contributed by atoms with Crippen LogP contribution in [0.3, 0.4) is 0 Å². The van der Waals surface area contributed by atoms with Gasteiger partial charge in [0.15, 0.2) is 5.69 Å². The number of amides is 1. The standard InChI is InChI=1S/C16H22BrN5O3/c1-6-21-8-13(14(20-21)16(24)25-9(2)3)18-15(23)11(5)22-7-12(17)10(4)19-22/h7-9,11H,6H2,1-5H3,(H,18,23). The van der Waals surface area contributed by atoms with E-state index in [1.807, 2.05) is 13.8 Å². The highest BCUT2D eigenvalue weighted by Crippen LogP contribution is 2.20. The maximum Gasteiger partial charge on any atom is 0.361 e. The monoisotopic (exact) mass is 411 g/mol. The molecule has 1 atom stereocenters. The van der Waals surface area contributed by atoms with Crippen LogP contribution in [-0.4, -0.2) is 37.5 Å². The van der Waals surface area contributed by atoms with Crippen LogP contribution in [0.5, 0.6) is 0 Å². The number of esters is 1. The molecule has 2 aromatic rings. The molecular formula is C16H22BrN5O3. The van der Waals surface area contributed by atoms with E-state index in [-0.39, 0.29) is 17.7 Å². The van der Waals surface area contributed by atoms with E-state index in [1.54, 1.807) is 42.5 Å². The van der Waals surface area contributed by atoms with E-state index in [2.05, 4.69) is 31.4 Å². The number of aromatic nitrogens is 4. The summed E-state index contributed by atoms with van der Waals surface area (Å²) in [6, 6.07) is -0.552. The van der Waals surface area contributed by atoms with E-state index < -0.39 is 12.0 Å². The van der Waals surface area contributed by atoms with Gasteiger partial charge in [-0.05, 0) is 50.5 Å². The molecule has 1 N–H and O–H groups in total. The lowest BCUT2D eigenvalue weighted by Gasteiger charge is -2.13. The van der Waals surface area contributed by atoms with Gasteiger partial charge in [-0.2, -0.15) is 10.2 Å². The van der Waals surface area contributed by atoms with Gasteiger partial charge < -0.3 is 10.1 Å². The van der Waals surface area contributed by atoms with Gasteiger partial charge in [0.25, 0.3) is 0 Å². The van der Waals surface area contributed by atoms with Gasteiger partial charge in [-0.3, -0.25) is 14.2 Å². The second-order valence-corrected chi connectivity index (χ2v) is 6.76. The molecule has 0 bridgehead atoms. The summed E-state index contributed by atoms with van der Waals surface area (Å²) in [4.78, 5) is 24.8. The zero-order valence-corrected chi connectivity index (χ0v) is 16.5. The summed E-state index contributed by atoms with van der Waals surface area (Å²) < 4.78 is 9.15. The Labute approximate surface area is 154 Å². The van der Waals surface area contributed by atoms with Crippen molar-refractivity contribution in [1.82, 2.24) is 19.6 Å². The summed E-state index contributed by atoms with van der Waals surface area (Å²) in [6.45, 7) is 9.54. The number of carbonyl (C=O) groups is 2. The first kappa shape index (κ1) is 19.2. The summed E-state index contributed by atoms with van der Waals surface area (Å²) in [5.74, 6) is -0.868. The summed E-state index contributed by atoms with van der Waals surface area (Å²) in [5.41, 5.74) is 1.21. The Balaban J connectivity index is 2.21. The molecule has 2 rings (SSSR count). The Morgan fingerprint density at radius 2 is 1.96 bits per heavy atom. The van der Waals surface area contributed by atoms with Crippen molar-refractivity contribution < 1.29 is 14.3 Å². The summed E-state index contributed by atoms with van der Waals surface area (Å²) in [6.07, 6.45) is 3.08. The third kappa shape index (κ3) is 4.47. The van der Waals surface area contributed by atoms with Crippen LogP contribution in [0, 0.1) is 6.92 Å². The average Bonchev–Trinajstić information content (AvgIpc) is 3.09. The molecule has 0 saturated heterocycles. The van der Waals surface area contributed by atoms with Crippen molar-refractivity contribution in [3.8, 4) is 0 Å². The molecule has 25 heavy (non-hydrogen) atoms. The smallest absolute Gasteiger partial charge is 0.361 e. The number of hydrogen-bond acceptors (Lipinski definition) is 5. The molecule has 0 saturated carbocycles. The summed E-state index contributed by atoms with van der Waals surface area (Å²) >= 11 is 3.38. The third-order valence-electron chi connectivity index (χ3n) is 3.51. The van der Waals surface area contributed by atoms with E-state index in [1.165, 1.54) is 0 Å². The molecule has 0 aliphatic rings. The number of anilines is 1. The van der Waals surface area contributed by atoms with Crippen molar-refractivity contribution >= 4 is 33.5 Å². The first-order valence-electron chi connectivity index (χ1n) is 8.03. The van der Waals surface area contributed by atoms with E-state index in [0.29, 0.717) is 12.2 Å². The molecule has 0 spiro atoms. The molecule has 0 aromatic carbocycles. The number of nitrogens with one attached hydrogen (secondary N) is 1. The predicted octanol–water partition coefficient (Wildman–Crippen LogP) is 2.94. The first-order chi connectivity index (χ1) is 11.7. The van der Waals surface area contributed by atoms with Crippen LogP contribution in [-0.2, 0) is 16.1 Å². The van der Waals surface area contributed by atoms with Crippen molar-refractivity contribution in [2.45, 2.75) is 53.3 Å². The molecule has 2 aromatic heterocycles. The first-order valence-corrected chi connectivity index (χ1v) is 8.82. The number of ether oxygens (including phenoxy) is 1. The highest BCUT2D eigenvalue weighted by molar-refractivity contribution is 9.10. The molecule has 2 heterocycles. The fourth-order valence-corrected chi connectivity index (χ4v) is 2.40. The van der Waals surface area contributed by atoms with Gasteiger partial charge >= 0.3 is 5.97 Å². The lowest BCUT2D eigenvalue weighted by Crippen LogP contribution is -2.25. The molecule has 136 valence electrons. The quantitative estimate of drug-likeness (QED) is 0.737. The van der Waals surface area contributed by atoms with Gasteiger partial charge in [0.1, 0.15) is 6.04 Å². The van der Waals surface area contributed by atoms with Crippen LogP contribution >= 0.6 is 15.9 Å². The van der Waals surface area contributed by atoms with Crippen molar-refractivity contribution in [2.24, 2.45) is 0 Å². The Morgan fingerprint density at radius 3 is 2.48 bits per heavy atom. The SMILES string of the molecule is CCn1cc(NC(=O)C(C)n2cc(Br)c(C)n2)c(C(=O)OC(C)C)n1. The zero-order chi connectivity index (χ0) is 18.7. The summed E-state index contributed by atoms with van der Waals surface area (Å²) in [7, 11) is 0. The lowest BCUT2D eigenvalue weighted by molar-refractivity contribution is -0.119. The van der Waals surface area contributed by atoms with E-state index in [4.69, 9.17) is 4.74 Å². The average molecular weight is 412 g/mol. The fraction of sp³-hybridized carbons (Fsp3) is 0.500. The normalized spacial score (nSPS) is 12.3. The lowest BCUT2D eigenvalue weighted by atomic mass is 10.3. The molecule has 1 amide bonds.